The molecule has 7 rings (SSSR count). The maximum atomic E-state index is 13.9. The summed E-state index contributed by atoms with van der Waals surface area (Å²) in [5.74, 6) is 0.706. The standard InChI is InChI=1S/C27H19FN10/c28-18-8-9-20-16(12-18)11-17(13-31-20)19-14-33-38-26(29)25(37-23-6-2-1-5-21(23)35-36-37)22(34-27(19)38)15-32-24-7-3-4-10-30-24/h1-14H,15,29H2,(H,30,32). The fraction of sp³-hybridized carbons (Fsp3) is 0.0370. The van der Waals surface area contributed by atoms with Gasteiger partial charge in [-0.3, -0.25) is 4.98 Å². The maximum Gasteiger partial charge on any atom is 0.165 e. The largest absolute Gasteiger partial charge is 0.382 e. The van der Waals surface area contributed by atoms with Crippen molar-refractivity contribution < 1.29 is 4.39 Å². The molecule has 0 bridgehead atoms. The number of nitrogens with zero attached hydrogens (tertiary/aromatic N) is 8. The molecule has 0 aliphatic heterocycles. The lowest BCUT2D eigenvalue weighted by Gasteiger charge is -2.15. The molecule has 0 saturated carbocycles. The number of nitrogens with two attached hydrogens (primary N) is 1. The minimum Gasteiger partial charge on any atom is -0.382 e. The number of aromatic nitrogens is 8. The molecule has 5 aromatic heterocycles. The quantitative estimate of drug-likeness (QED) is 0.355. The highest BCUT2D eigenvalue weighted by molar-refractivity contribution is 5.87. The van der Waals surface area contributed by atoms with Crippen LogP contribution < -0.4 is 11.1 Å². The summed E-state index contributed by atoms with van der Waals surface area (Å²) in [6.07, 6.45) is 5.11. The van der Waals surface area contributed by atoms with Gasteiger partial charge in [0.05, 0.1) is 29.5 Å². The number of hydrogen-bond donors (Lipinski definition) is 2. The van der Waals surface area contributed by atoms with Crippen molar-refractivity contribution in [3.8, 4) is 16.8 Å². The van der Waals surface area contributed by atoms with Crippen LogP contribution in [0, 0.1) is 5.82 Å². The van der Waals surface area contributed by atoms with E-state index < -0.39 is 0 Å². The van der Waals surface area contributed by atoms with Crippen LogP contribution in [-0.2, 0) is 6.54 Å². The van der Waals surface area contributed by atoms with Crippen LogP contribution in [0.2, 0.25) is 0 Å². The Morgan fingerprint density at radius 3 is 2.71 bits per heavy atom. The molecular weight excluding hydrogens is 483 g/mol. The number of nitrogen functional groups attached to an aromatic ring is 1. The number of para-hydroxylation sites is 1. The first-order valence-electron chi connectivity index (χ1n) is 11.8. The number of fused-ring (bicyclic) bond motifs is 3. The Kier molecular flexibility index (Phi) is 4.93. The summed E-state index contributed by atoms with van der Waals surface area (Å²) >= 11 is 0. The molecule has 0 amide bonds. The summed E-state index contributed by atoms with van der Waals surface area (Å²) < 4.78 is 17.1. The van der Waals surface area contributed by atoms with Gasteiger partial charge in [-0.2, -0.15) is 9.61 Å². The molecule has 7 aromatic rings. The summed E-state index contributed by atoms with van der Waals surface area (Å²) in [4.78, 5) is 13.8. The highest BCUT2D eigenvalue weighted by Gasteiger charge is 2.21. The van der Waals surface area contributed by atoms with Gasteiger partial charge in [-0.15, -0.1) is 5.10 Å². The fourth-order valence-corrected chi connectivity index (χ4v) is 4.54. The molecule has 184 valence electrons. The number of nitrogens with one attached hydrogen (secondary N) is 1. The molecule has 10 nitrogen and oxygen atoms in total. The van der Waals surface area contributed by atoms with E-state index >= 15 is 0 Å². The molecule has 2 aromatic carbocycles. The predicted octanol–water partition coefficient (Wildman–Crippen LogP) is 4.41. The fourth-order valence-electron chi connectivity index (χ4n) is 4.54. The maximum absolute atomic E-state index is 13.9. The van der Waals surface area contributed by atoms with Crippen LogP contribution in [0.4, 0.5) is 16.0 Å². The van der Waals surface area contributed by atoms with E-state index in [1.165, 1.54) is 12.1 Å². The van der Waals surface area contributed by atoms with Crippen LogP contribution in [0.15, 0.2) is 85.3 Å². The van der Waals surface area contributed by atoms with E-state index in [1.54, 1.807) is 33.9 Å². The van der Waals surface area contributed by atoms with Crippen LogP contribution in [0.1, 0.15) is 5.69 Å². The lowest BCUT2D eigenvalue weighted by Crippen LogP contribution is -2.15. The smallest absolute Gasteiger partial charge is 0.165 e. The minimum absolute atomic E-state index is 0.313. The van der Waals surface area contributed by atoms with Gasteiger partial charge in [-0.1, -0.05) is 23.4 Å². The van der Waals surface area contributed by atoms with Crippen LogP contribution in [0.3, 0.4) is 0 Å². The van der Waals surface area contributed by atoms with Gasteiger partial charge in [0.25, 0.3) is 0 Å². The number of pyridine rings is 2. The third kappa shape index (κ3) is 3.56. The summed E-state index contributed by atoms with van der Waals surface area (Å²) in [7, 11) is 0. The molecule has 0 atom stereocenters. The SMILES string of the molecule is Nc1c(-n2nnc3ccccc32)c(CNc2ccccn2)nc2c(-c3cnc4ccc(F)cc4c3)cnn12. The van der Waals surface area contributed by atoms with Crippen molar-refractivity contribution >= 4 is 39.2 Å². The van der Waals surface area contributed by atoms with Crippen molar-refractivity contribution in [2.45, 2.75) is 6.54 Å². The monoisotopic (exact) mass is 502 g/mol. The second-order valence-electron chi connectivity index (χ2n) is 8.71. The van der Waals surface area contributed by atoms with Crippen LogP contribution in [0.25, 0.3) is 44.4 Å². The van der Waals surface area contributed by atoms with Gasteiger partial charge in [0.15, 0.2) is 11.5 Å². The summed E-state index contributed by atoms with van der Waals surface area (Å²) in [5, 5.41) is 17.2. The van der Waals surface area contributed by atoms with Gasteiger partial charge in [0, 0.05) is 28.9 Å². The lowest BCUT2D eigenvalue weighted by atomic mass is 10.1. The Morgan fingerprint density at radius 1 is 0.921 bits per heavy atom. The summed E-state index contributed by atoms with van der Waals surface area (Å²) in [5.41, 5.74) is 12.1. The lowest BCUT2D eigenvalue weighted by molar-refractivity contribution is 0.629. The zero-order valence-electron chi connectivity index (χ0n) is 19.8. The third-order valence-electron chi connectivity index (χ3n) is 6.35. The molecule has 0 unspecified atom stereocenters. The molecule has 0 radical (unpaired) electrons. The first-order valence-corrected chi connectivity index (χ1v) is 11.8. The highest BCUT2D eigenvalue weighted by atomic mass is 19.1. The summed E-state index contributed by atoms with van der Waals surface area (Å²) in [6.45, 7) is 0.313. The molecule has 0 aliphatic carbocycles. The van der Waals surface area contributed by atoms with Gasteiger partial charge in [0.1, 0.15) is 22.8 Å². The van der Waals surface area contributed by atoms with Crippen LogP contribution in [-0.4, -0.2) is 39.6 Å². The van der Waals surface area contributed by atoms with E-state index in [1.807, 2.05) is 48.5 Å². The van der Waals surface area contributed by atoms with E-state index in [0.717, 1.165) is 16.6 Å². The molecule has 0 fully saturated rings. The first-order chi connectivity index (χ1) is 18.7. The average Bonchev–Trinajstić information content (AvgIpc) is 3.57. The van der Waals surface area contributed by atoms with E-state index in [4.69, 9.17) is 10.7 Å². The highest BCUT2D eigenvalue weighted by Crippen LogP contribution is 2.31. The average molecular weight is 503 g/mol. The van der Waals surface area contributed by atoms with Crippen LogP contribution >= 0.6 is 0 Å². The van der Waals surface area contributed by atoms with Crippen molar-refractivity contribution in [1.29, 1.82) is 0 Å². The Hall–Kier alpha value is -5.45. The Morgan fingerprint density at radius 2 is 1.82 bits per heavy atom. The molecule has 0 spiro atoms. The van der Waals surface area contributed by atoms with Gasteiger partial charge < -0.3 is 11.1 Å². The molecule has 11 heteroatoms. The zero-order chi connectivity index (χ0) is 25.6. The van der Waals surface area contributed by atoms with Crippen molar-refractivity contribution in [1.82, 2.24) is 39.6 Å². The topological polar surface area (TPSA) is 125 Å². The van der Waals surface area contributed by atoms with E-state index in [0.29, 0.717) is 51.7 Å². The number of anilines is 2. The number of halogens is 1. The van der Waals surface area contributed by atoms with Crippen molar-refractivity contribution in [3.63, 3.8) is 0 Å². The number of rotatable bonds is 5. The molecule has 5 heterocycles. The van der Waals surface area contributed by atoms with E-state index in [2.05, 4.69) is 30.7 Å². The Labute approximate surface area is 214 Å². The summed E-state index contributed by atoms with van der Waals surface area (Å²) in [6, 6.07) is 19.6. The Balaban J connectivity index is 1.43. The zero-order valence-corrected chi connectivity index (χ0v) is 19.8. The van der Waals surface area contributed by atoms with E-state index in [9.17, 15) is 4.39 Å². The Bertz CT molecular complexity index is 1960. The van der Waals surface area contributed by atoms with Gasteiger partial charge in [-0.25, -0.2) is 19.0 Å². The van der Waals surface area contributed by atoms with Gasteiger partial charge in [-0.05, 0) is 48.5 Å². The predicted molar refractivity (Wildman–Crippen MR) is 142 cm³/mol. The van der Waals surface area contributed by atoms with Crippen molar-refractivity contribution in [2.75, 3.05) is 11.1 Å². The third-order valence-corrected chi connectivity index (χ3v) is 6.35. The molecule has 3 N–H and O–H groups in total. The van der Waals surface area contributed by atoms with Gasteiger partial charge >= 0.3 is 0 Å². The van der Waals surface area contributed by atoms with Gasteiger partial charge in [0.2, 0.25) is 0 Å². The number of benzene rings is 2. The molecule has 0 saturated heterocycles. The second kappa shape index (κ2) is 8.59. The van der Waals surface area contributed by atoms with Crippen molar-refractivity contribution in [3.05, 3.63) is 96.8 Å². The first kappa shape index (κ1) is 21.8. The molecule has 38 heavy (non-hydrogen) atoms. The second-order valence-corrected chi connectivity index (χ2v) is 8.71. The van der Waals surface area contributed by atoms with Crippen molar-refractivity contribution in [2.24, 2.45) is 0 Å². The molecular formula is C27H19FN10. The van der Waals surface area contributed by atoms with Crippen LogP contribution in [0.5, 0.6) is 0 Å². The number of hydrogen-bond acceptors (Lipinski definition) is 8. The minimum atomic E-state index is -0.328. The molecule has 0 aliphatic rings. The van der Waals surface area contributed by atoms with E-state index in [-0.39, 0.29) is 5.82 Å². The normalized spacial score (nSPS) is 11.5.